The van der Waals surface area contributed by atoms with E-state index in [0.717, 1.165) is 24.2 Å². The Kier molecular flexibility index (Phi) is 4.64. The molecular weight excluding hydrogens is 412 g/mol. The van der Waals surface area contributed by atoms with Crippen molar-refractivity contribution in [1.29, 1.82) is 0 Å². The predicted octanol–water partition coefficient (Wildman–Crippen LogP) is 2.03. The smallest absolute Gasteiger partial charge is 0.323 e. The molecule has 4 heterocycles. The number of esters is 1. The van der Waals surface area contributed by atoms with E-state index in [4.69, 9.17) is 4.74 Å². The number of rotatable bonds is 5. The highest BCUT2D eigenvalue weighted by molar-refractivity contribution is 5.85. The molecule has 0 amide bonds. The summed E-state index contributed by atoms with van der Waals surface area (Å²) >= 11 is 0. The number of ether oxygens (including phenoxy) is 1. The molecule has 4 atom stereocenters. The van der Waals surface area contributed by atoms with Crippen LogP contribution in [0.3, 0.4) is 0 Å². The van der Waals surface area contributed by atoms with Gasteiger partial charge in [-0.3, -0.25) is 19.3 Å². The summed E-state index contributed by atoms with van der Waals surface area (Å²) in [6, 6.07) is 7.50. The second-order valence-electron chi connectivity index (χ2n) is 9.56. The van der Waals surface area contributed by atoms with Gasteiger partial charge in [0, 0.05) is 29.7 Å². The standard InChI is InChI=1S/C24H28N2O6/c1-32-21(31)17-13-22-7-4-11-25(22)12-10-23(14-19(27)28)16-5-2-3-6-18(16)26(15-20(29)30)24(17,23)9-8-22/h2-7,17H,8-15H2,1H3,(H,27,28)(H,29,30)/t17-,22-,23+,24+/m1/s1. The first-order chi connectivity index (χ1) is 15.3. The molecule has 2 spiro atoms. The Balaban J connectivity index is 1.81. The molecule has 2 N–H and O–H groups in total. The first kappa shape index (κ1) is 21.0. The number of anilines is 1. The topological polar surface area (TPSA) is 107 Å². The Bertz CT molecular complexity index is 1020. The number of methoxy groups -OCH3 is 1. The van der Waals surface area contributed by atoms with Crippen molar-refractivity contribution in [2.75, 3.05) is 31.6 Å². The van der Waals surface area contributed by atoms with Gasteiger partial charge in [0.15, 0.2) is 0 Å². The summed E-state index contributed by atoms with van der Waals surface area (Å²) in [5.74, 6) is -3.01. The molecule has 8 nitrogen and oxygen atoms in total. The zero-order chi connectivity index (χ0) is 22.7. The number of carbonyl (C=O) groups excluding carboxylic acids is 1. The van der Waals surface area contributed by atoms with Crippen LogP contribution in [0.5, 0.6) is 0 Å². The van der Waals surface area contributed by atoms with Crippen LogP contribution in [-0.4, -0.2) is 70.8 Å². The first-order valence-corrected chi connectivity index (χ1v) is 11.1. The van der Waals surface area contributed by atoms with Gasteiger partial charge in [0.2, 0.25) is 0 Å². The van der Waals surface area contributed by atoms with Crippen LogP contribution in [0.2, 0.25) is 0 Å². The number of hydrogen-bond donors (Lipinski definition) is 2. The fourth-order valence-electron chi connectivity index (χ4n) is 7.41. The second-order valence-corrected chi connectivity index (χ2v) is 9.56. The van der Waals surface area contributed by atoms with Gasteiger partial charge in [-0.05, 0) is 37.3 Å². The minimum atomic E-state index is -1.01. The van der Waals surface area contributed by atoms with Crippen molar-refractivity contribution in [1.82, 2.24) is 4.90 Å². The average molecular weight is 440 g/mol. The van der Waals surface area contributed by atoms with Crippen LogP contribution in [0, 0.1) is 5.92 Å². The summed E-state index contributed by atoms with van der Waals surface area (Å²) in [5, 5.41) is 19.9. The van der Waals surface area contributed by atoms with E-state index < -0.39 is 34.8 Å². The number of aliphatic carboxylic acids is 2. The van der Waals surface area contributed by atoms with Gasteiger partial charge in [0.1, 0.15) is 6.54 Å². The van der Waals surface area contributed by atoms with Crippen LogP contribution in [-0.2, 0) is 24.5 Å². The maximum absolute atomic E-state index is 13.4. The molecule has 0 unspecified atom stereocenters. The summed E-state index contributed by atoms with van der Waals surface area (Å²) in [7, 11) is 1.36. The van der Waals surface area contributed by atoms with Gasteiger partial charge < -0.3 is 19.8 Å². The highest BCUT2D eigenvalue weighted by Crippen LogP contribution is 2.65. The molecular formula is C24H28N2O6. The van der Waals surface area contributed by atoms with Crippen molar-refractivity contribution in [2.24, 2.45) is 5.92 Å². The number of carboxylic acids is 2. The summed E-state index contributed by atoms with van der Waals surface area (Å²) < 4.78 is 5.29. The largest absolute Gasteiger partial charge is 0.481 e. The average Bonchev–Trinajstić information content (AvgIpc) is 3.22. The third-order valence-corrected chi connectivity index (χ3v) is 8.52. The molecule has 8 heteroatoms. The number of para-hydroxylation sites is 1. The number of nitrogens with zero attached hydrogens (tertiary/aromatic N) is 2. The number of fused-ring (bicyclic) bond motifs is 4. The van der Waals surface area contributed by atoms with Crippen LogP contribution in [0.25, 0.3) is 0 Å². The van der Waals surface area contributed by atoms with Crippen LogP contribution in [0.1, 0.15) is 37.7 Å². The zero-order valence-corrected chi connectivity index (χ0v) is 18.1. The molecule has 4 aliphatic heterocycles. The molecule has 6 rings (SSSR count). The maximum Gasteiger partial charge on any atom is 0.323 e. The molecule has 0 aromatic heterocycles. The Morgan fingerprint density at radius 2 is 1.91 bits per heavy atom. The van der Waals surface area contributed by atoms with E-state index >= 15 is 0 Å². The van der Waals surface area contributed by atoms with Crippen LogP contribution in [0.15, 0.2) is 36.4 Å². The van der Waals surface area contributed by atoms with E-state index in [2.05, 4.69) is 17.1 Å². The third kappa shape index (κ3) is 2.56. The lowest BCUT2D eigenvalue weighted by atomic mass is 9.50. The molecule has 170 valence electrons. The minimum absolute atomic E-state index is 0.165. The molecule has 32 heavy (non-hydrogen) atoms. The van der Waals surface area contributed by atoms with E-state index in [-0.39, 0.29) is 18.5 Å². The van der Waals surface area contributed by atoms with Crippen molar-refractivity contribution in [3.8, 4) is 0 Å². The van der Waals surface area contributed by atoms with Gasteiger partial charge in [-0.1, -0.05) is 30.4 Å². The fourth-order valence-corrected chi connectivity index (χ4v) is 7.41. The van der Waals surface area contributed by atoms with Gasteiger partial charge in [-0.25, -0.2) is 0 Å². The van der Waals surface area contributed by atoms with E-state index in [1.54, 1.807) is 0 Å². The number of benzene rings is 1. The summed E-state index contributed by atoms with van der Waals surface area (Å²) in [4.78, 5) is 41.9. The molecule has 5 aliphatic rings. The molecule has 2 bridgehead atoms. The molecule has 1 aliphatic carbocycles. The van der Waals surface area contributed by atoms with Gasteiger partial charge >= 0.3 is 17.9 Å². The lowest BCUT2D eigenvalue weighted by molar-refractivity contribution is -0.158. The van der Waals surface area contributed by atoms with E-state index in [9.17, 15) is 24.6 Å². The van der Waals surface area contributed by atoms with Gasteiger partial charge in [0.25, 0.3) is 0 Å². The molecule has 1 aromatic rings. The highest BCUT2D eigenvalue weighted by atomic mass is 16.5. The lowest BCUT2D eigenvalue weighted by Crippen LogP contribution is -2.72. The normalized spacial score (nSPS) is 34.9. The first-order valence-electron chi connectivity index (χ1n) is 11.1. The summed E-state index contributed by atoms with van der Waals surface area (Å²) in [6.45, 7) is 1.16. The zero-order valence-electron chi connectivity index (χ0n) is 18.1. The van der Waals surface area contributed by atoms with Crippen LogP contribution < -0.4 is 4.90 Å². The van der Waals surface area contributed by atoms with Crippen molar-refractivity contribution < 1.29 is 29.3 Å². The van der Waals surface area contributed by atoms with Gasteiger partial charge in [0.05, 0.1) is 25.0 Å². The Morgan fingerprint density at radius 3 is 2.62 bits per heavy atom. The quantitative estimate of drug-likeness (QED) is 0.529. The molecule has 2 saturated heterocycles. The Hall–Kier alpha value is -2.87. The SMILES string of the molecule is COC(=O)[C@H]1C[C@]23C=CCN2CC[C@]2(CC(=O)O)c4ccccc4N(CC(=O)O)[C@@]12CC3. The monoisotopic (exact) mass is 440 g/mol. The summed E-state index contributed by atoms with van der Waals surface area (Å²) in [6.07, 6.45) is 6.42. The fraction of sp³-hybridized carbons (Fsp3) is 0.542. The second kappa shape index (κ2) is 7.07. The Morgan fingerprint density at radius 1 is 1.12 bits per heavy atom. The van der Waals surface area contributed by atoms with Crippen LogP contribution in [0.4, 0.5) is 5.69 Å². The lowest BCUT2D eigenvalue weighted by Gasteiger charge is -2.62. The molecule has 3 fully saturated rings. The third-order valence-electron chi connectivity index (χ3n) is 8.52. The number of carbonyl (C=O) groups is 3. The number of hydrogen-bond acceptors (Lipinski definition) is 6. The highest BCUT2D eigenvalue weighted by Gasteiger charge is 2.71. The van der Waals surface area contributed by atoms with Gasteiger partial charge in [-0.2, -0.15) is 0 Å². The summed E-state index contributed by atoms with van der Waals surface area (Å²) in [5.41, 5.74) is -0.603. The minimum Gasteiger partial charge on any atom is -0.481 e. The van der Waals surface area contributed by atoms with Crippen molar-refractivity contribution >= 4 is 23.6 Å². The van der Waals surface area contributed by atoms with Gasteiger partial charge in [-0.15, -0.1) is 0 Å². The van der Waals surface area contributed by atoms with E-state index in [1.807, 2.05) is 29.2 Å². The van der Waals surface area contributed by atoms with E-state index in [0.29, 0.717) is 25.8 Å². The Labute approximate surface area is 186 Å². The number of carboxylic acid groups (broad SMARTS) is 2. The van der Waals surface area contributed by atoms with E-state index in [1.165, 1.54) is 7.11 Å². The van der Waals surface area contributed by atoms with Crippen molar-refractivity contribution in [3.05, 3.63) is 42.0 Å². The molecule has 1 saturated carbocycles. The molecule has 1 aromatic carbocycles. The maximum atomic E-state index is 13.4. The predicted molar refractivity (Wildman–Crippen MR) is 116 cm³/mol. The van der Waals surface area contributed by atoms with Crippen molar-refractivity contribution in [3.63, 3.8) is 0 Å². The molecule has 0 radical (unpaired) electrons. The van der Waals surface area contributed by atoms with Crippen LogP contribution >= 0.6 is 0 Å². The van der Waals surface area contributed by atoms with Crippen molar-refractivity contribution in [2.45, 2.75) is 48.6 Å².